The summed E-state index contributed by atoms with van der Waals surface area (Å²) < 4.78 is 0. The predicted molar refractivity (Wildman–Crippen MR) is 106 cm³/mol. The number of nitrogens with zero attached hydrogens (tertiary/aromatic N) is 1. The number of phenols is 1. The molecule has 2 aliphatic rings. The number of carboxylic acids is 1. The van der Waals surface area contributed by atoms with Gasteiger partial charge in [0.15, 0.2) is 0 Å². The highest BCUT2D eigenvalue weighted by Crippen LogP contribution is 2.57. The second-order valence-corrected chi connectivity index (χ2v) is 8.71. The first kappa shape index (κ1) is 18.5. The SMILES string of the molecule is CC1(C)[C@H]2Cc3c(O)cccc3[C@]1(C)CCN2C(=O)c1ccc(C(=O)O)cc1. The van der Waals surface area contributed by atoms with Crippen molar-refractivity contribution in [1.29, 1.82) is 0 Å². The van der Waals surface area contributed by atoms with Crippen LogP contribution in [0.2, 0.25) is 0 Å². The Hall–Kier alpha value is -2.82. The number of fused-ring (bicyclic) bond motifs is 4. The van der Waals surface area contributed by atoms with E-state index in [0.29, 0.717) is 24.3 Å². The summed E-state index contributed by atoms with van der Waals surface area (Å²) >= 11 is 0. The maximum absolute atomic E-state index is 13.3. The Kier molecular flexibility index (Phi) is 4.03. The Morgan fingerprint density at radius 1 is 1.04 bits per heavy atom. The number of carboxylic acid groups (broad SMARTS) is 1. The molecule has 4 rings (SSSR count). The van der Waals surface area contributed by atoms with E-state index in [-0.39, 0.29) is 28.3 Å². The van der Waals surface area contributed by atoms with Crippen LogP contribution < -0.4 is 0 Å². The van der Waals surface area contributed by atoms with Gasteiger partial charge in [-0.1, -0.05) is 32.9 Å². The average Bonchev–Trinajstić information content (AvgIpc) is 2.65. The number of benzene rings is 2. The second kappa shape index (κ2) is 6.09. The number of hydrogen-bond acceptors (Lipinski definition) is 3. The molecule has 1 heterocycles. The molecule has 0 saturated carbocycles. The molecule has 0 unspecified atom stereocenters. The van der Waals surface area contributed by atoms with Crippen LogP contribution in [-0.2, 0) is 11.8 Å². The van der Waals surface area contributed by atoms with E-state index < -0.39 is 5.97 Å². The minimum absolute atomic E-state index is 0.0429. The highest BCUT2D eigenvalue weighted by molar-refractivity contribution is 5.96. The van der Waals surface area contributed by atoms with Crippen molar-refractivity contribution in [3.63, 3.8) is 0 Å². The summed E-state index contributed by atoms with van der Waals surface area (Å²) in [5, 5.41) is 19.5. The molecule has 1 saturated heterocycles. The second-order valence-electron chi connectivity index (χ2n) is 8.71. The fraction of sp³-hybridized carbons (Fsp3) is 0.391. The van der Waals surface area contributed by atoms with Crippen molar-refractivity contribution >= 4 is 11.9 Å². The third kappa shape index (κ3) is 2.45. The maximum Gasteiger partial charge on any atom is 0.335 e. The van der Waals surface area contributed by atoms with Crippen LogP contribution in [-0.4, -0.2) is 39.6 Å². The summed E-state index contributed by atoms with van der Waals surface area (Å²) in [7, 11) is 0. The lowest BCUT2D eigenvalue weighted by molar-refractivity contribution is -0.0266. The van der Waals surface area contributed by atoms with Gasteiger partial charge in [-0.2, -0.15) is 0 Å². The van der Waals surface area contributed by atoms with Gasteiger partial charge in [-0.25, -0.2) is 4.79 Å². The summed E-state index contributed by atoms with van der Waals surface area (Å²) in [6.07, 6.45) is 1.43. The van der Waals surface area contributed by atoms with Gasteiger partial charge in [-0.3, -0.25) is 4.79 Å². The molecule has 1 aliphatic carbocycles. The molecule has 5 heteroatoms. The molecule has 2 N–H and O–H groups in total. The van der Waals surface area contributed by atoms with E-state index in [1.807, 2.05) is 11.0 Å². The first-order chi connectivity index (χ1) is 13.2. The Balaban J connectivity index is 1.73. The molecule has 0 spiro atoms. The Morgan fingerprint density at radius 3 is 2.32 bits per heavy atom. The number of carbonyl (C=O) groups is 2. The normalized spacial score (nSPS) is 25.1. The Bertz CT molecular complexity index is 963. The first-order valence-electron chi connectivity index (χ1n) is 9.62. The molecule has 1 amide bonds. The number of likely N-dealkylation sites (tertiary alicyclic amines) is 1. The van der Waals surface area contributed by atoms with Gasteiger partial charge in [0.2, 0.25) is 0 Å². The van der Waals surface area contributed by atoms with Crippen LogP contribution in [0.5, 0.6) is 5.75 Å². The van der Waals surface area contributed by atoms with Gasteiger partial charge < -0.3 is 15.1 Å². The fourth-order valence-corrected chi connectivity index (χ4v) is 5.09. The van der Waals surface area contributed by atoms with Crippen LogP contribution in [0, 0.1) is 5.41 Å². The van der Waals surface area contributed by atoms with E-state index in [2.05, 4.69) is 26.8 Å². The van der Waals surface area contributed by atoms with Crippen LogP contribution in [0.1, 0.15) is 59.0 Å². The molecule has 2 atom stereocenters. The van der Waals surface area contributed by atoms with Gasteiger partial charge in [-0.15, -0.1) is 0 Å². The third-order valence-corrected chi connectivity index (χ3v) is 7.27. The predicted octanol–water partition coefficient (Wildman–Crippen LogP) is 3.85. The summed E-state index contributed by atoms with van der Waals surface area (Å²) in [4.78, 5) is 26.3. The van der Waals surface area contributed by atoms with E-state index in [1.165, 1.54) is 17.7 Å². The van der Waals surface area contributed by atoms with Crippen LogP contribution >= 0.6 is 0 Å². The number of rotatable bonds is 2. The quantitative estimate of drug-likeness (QED) is 0.831. The van der Waals surface area contributed by atoms with Crippen molar-refractivity contribution in [3.8, 4) is 5.75 Å². The van der Waals surface area contributed by atoms with Crippen LogP contribution in [0.4, 0.5) is 0 Å². The van der Waals surface area contributed by atoms with E-state index in [4.69, 9.17) is 5.11 Å². The average molecular weight is 379 g/mol. The number of phenolic OH excluding ortho intramolecular Hbond substituents is 1. The van der Waals surface area contributed by atoms with Gasteiger partial charge in [0, 0.05) is 23.6 Å². The molecule has 2 aromatic rings. The monoisotopic (exact) mass is 379 g/mol. The molecule has 0 aromatic heterocycles. The molecular weight excluding hydrogens is 354 g/mol. The molecule has 1 aliphatic heterocycles. The van der Waals surface area contributed by atoms with Gasteiger partial charge in [0.1, 0.15) is 5.75 Å². The summed E-state index contributed by atoms with van der Waals surface area (Å²) in [5.41, 5.74) is 2.49. The van der Waals surface area contributed by atoms with Crippen molar-refractivity contribution in [1.82, 2.24) is 4.90 Å². The van der Waals surface area contributed by atoms with E-state index in [0.717, 1.165) is 12.0 Å². The molecular formula is C23H25NO4. The zero-order valence-electron chi connectivity index (χ0n) is 16.4. The molecule has 28 heavy (non-hydrogen) atoms. The van der Waals surface area contributed by atoms with Crippen LogP contribution in [0.3, 0.4) is 0 Å². The lowest BCUT2D eigenvalue weighted by Crippen LogP contribution is -2.64. The lowest BCUT2D eigenvalue weighted by Gasteiger charge is -2.60. The topological polar surface area (TPSA) is 77.8 Å². The minimum Gasteiger partial charge on any atom is -0.508 e. The van der Waals surface area contributed by atoms with E-state index in [1.54, 1.807) is 18.2 Å². The molecule has 1 fully saturated rings. The van der Waals surface area contributed by atoms with Gasteiger partial charge in [-0.05, 0) is 59.7 Å². The minimum atomic E-state index is -1.01. The summed E-state index contributed by atoms with van der Waals surface area (Å²) in [6, 6.07) is 11.8. The smallest absolute Gasteiger partial charge is 0.335 e. The molecule has 5 nitrogen and oxygen atoms in total. The molecule has 0 radical (unpaired) electrons. The van der Waals surface area contributed by atoms with E-state index in [9.17, 15) is 14.7 Å². The van der Waals surface area contributed by atoms with E-state index >= 15 is 0 Å². The zero-order chi connectivity index (χ0) is 20.3. The van der Waals surface area contributed by atoms with Gasteiger partial charge >= 0.3 is 5.97 Å². The standard InChI is InChI=1S/C23H25NO4/c1-22(2)19-13-16-17(5-4-6-18(16)25)23(22,3)11-12-24(19)20(26)14-7-9-15(10-8-14)21(27)28/h4-10,19,25H,11-13H2,1-3H3,(H,27,28)/t19-,23+/m1/s1. The summed E-state index contributed by atoms with van der Waals surface area (Å²) in [5.74, 6) is -0.798. The largest absolute Gasteiger partial charge is 0.508 e. The van der Waals surface area contributed by atoms with Crippen molar-refractivity contribution in [2.45, 2.75) is 45.1 Å². The van der Waals surface area contributed by atoms with Crippen molar-refractivity contribution in [3.05, 3.63) is 64.7 Å². The Labute approximate surface area is 164 Å². The third-order valence-electron chi connectivity index (χ3n) is 7.27. The van der Waals surface area contributed by atoms with Crippen LogP contribution in [0.15, 0.2) is 42.5 Å². The van der Waals surface area contributed by atoms with Crippen molar-refractivity contribution in [2.24, 2.45) is 5.41 Å². The first-order valence-corrected chi connectivity index (χ1v) is 9.62. The van der Waals surface area contributed by atoms with Gasteiger partial charge in [0.05, 0.1) is 5.56 Å². The van der Waals surface area contributed by atoms with Crippen molar-refractivity contribution in [2.75, 3.05) is 6.54 Å². The molecule has 146 valence electrons. The molecule has 2 aromatic carbocycles. The van der Waals surface area contributed by atoms with Crippen LogP contribution in [0.25, 0.3) is 0 Å². The fourth-order valence-electron chi connectivity index (χ4n) is 5.09. The number of aromatic carboxylic acids is 1. The van der Waals surface area contributed by atoms with Gasteiger partial charge in [0.25, 0.3) is 5.91 Å². The number of piperidine rings is 1. The number of aromatic hydroxyl groups is 1. The van der Waals surface area contributed by atoms with Crippen molar-refractivity contribution < 1.29 is 19.8 Å². The zero-order valence-corrected chi connectivity index (χ0v) is 16.4. The maximum atomic E-state index is 13.3. The number of amides is 1. The molecule has 2 bridgehead atoms. The highest BCUT2D eigenvalue weighted by Gasteiger charge is 2.57. The Morgan fingerprint density at radius 2 is 1.68 bits per heavy atom. The number of hydrogen-bond donors (Lipinski definition) is 2. The summed E-state index contributed by atoms with van der Waals surface area (Å²) in [6.45, 7) is 7.29. The lowest BCUT2D eigenvalue weighted by atomic mass is 9.51. The number of carbonyl (C=O) groups excluding carboxylic acids is 1. The highest BCUT2D eigenvalue weighted by atomic mass is 16.4.